The van der Waals surface area contributed by atoms with Crippen molar-refractivity contribution in [1.82, 2.24) is 14.8 Å². The van der Waals surface area contributed by atoms with E-state index in [9.17, 15) is 9.59 Å². The molecule has 152 valence electrons. The van der Waals surface area contributed by atoms with Crippen LogP contribution in [0.2, 0.25) is 15.1 Å². The van der Waals surface area contributed by atoms with E-state index in [0.29, 0.717) is 37.5 Å². The van der Waals surface area contributed by atoms with Crippen LogP contribution in [0.15, 0.2) is 53.3 Å². The molecule has 4 aromatic rings. The van der Waals surface area contributed by atoms with E-state index in [4.69, 9.17) is 39.5 Å². The highest BCUT2D eigenvalue weighted by atomic mass is 35.5. The molecule has 2 heterocycles. The van der Waals surface area contributed by atoms with Crippen molar-refractivity contribution in [3.63, 3.8) is 0 Å². The predicted octanol–water partition coefficient (Wildman–Crippen LogP) is 5.52. The number of rotatable bonds is 4. The number of ether oxygens (including phenoxy) is 1. The Bertz CT molecular complexity index is 1330. The number of benzene rings is 2. The molecule has 4 rings (SSSR count). The van der Waals surface area contributed by atoms with Crippen LogP contribution in [-0.2, 0) is 4.74 Å². The Labute approximate surface area is 185 Å². The van der Waals surface area contributed by atoms with Crippen LogP contribution in [0.5, 0.6) is 0 Å². The highest BCUT2D eigenvalue weighted by molar-refractivity contribution is 6.35. The van der Waals surface area contributed by atoms with Crippen LogP contribution in [0.1, 0.15) is 17.3 Å². The Hall–Kier alpha value is -2.80. The maximum Gasteiger partial charge on any atom is 0.343 e. The molecular weight excluding hydrogens is 449 g/mol. The highest BCUT2D eigenvalue weighted by Gasteiger charge is 2.21. The normalized spacial score (nSPS) is 11.1. The van der Waals surface area contributed by atoms with Crippen molar-refractivity contribution < 1.29 is 9.53 Å². The molecule has 0 amide bonds. The number of nitrogens with one attached hydrogen (secondary N) is 1. The average Bonchev–Trinajstić information content (AvgIpc) is 3.06. The first-order chi connectivity index (χ1) is 14.4. The first kappa shape index (κ1) is 20.5. The summed E-state index contributed by atoms with van der Waals surface area (Å²) in [5.41, 5.74) is 1.53. The molecular formula is C21H14Cl3N3O3. The van der Waals surface area contributed by atoms with Crippen molar-refractivity contribution >= 4 is 51.8 Å². The van der Waals surface area contributed by atoms with Gasteiger partial charge in [0.2, 0.25) is 0 Å². The van der Waals surface area contributed by atoms with Gasteiger partial charge >= 0.3 is 5.97 Å². The lowest BCUT2D eigenvalue weighted by molar-refractivity contribution is 0.0524. The van der Waals surface area contributed by atoms with Gasteiger partial charge in [-0.25, -0.2) is 9.48 Å². The Balaban J connectivity index is 2.06. The molecule has 9 heteroatoms. The molecule has 0 saturated heterocycles. The number of H-pyrrole nitrogens is 1. The fraction of sp³-hybridized carbons (Fsp3) is 0.0952. The molecule has 2 aromatic heterocycles. The quantitative estimate of drug-likeness (QED) is 0.405. The largest absolute Gasteiger partial charge is 0.462 e. The fourth-order valence-electron chi connectivity index (χ4n) is 3.12. The van der Waals surface area contributed by atoms with Gasteiger partial charge in [-0.3, -0.25) is 4.79 Å². The van der Waals surface area contributed by atoms with Gasteiger partial charge in [-0.05, 0) is 43.3 Å². The number of fused-ring (bicyclic) bond motifs is 1. The second kappa shape index (κ2) is 8.14. The van der Waals surface area contributed by atoms with E-state index in [1.165, 1.54) is 6.07 Å². The maximum absolute atomic E-state index is 12.4. The molecule has 0 aliphatic rings. The number of carbonyl (C=O) groups excluding carboxylic acids is 1. The second-order valence-electron chi connectivity index (χ2n) is 6.36. The molecule has 0 unspecified atom stereocenters. The van der Waals surface area contributed by atoms with E-state index in [1.807, 2.05) is 12.1 Å². The minimum absolute atomic E-state index is 0.110. The van der Waals surface area contributed by atoms with Crippen molar-refractivity contribution in [1.29, 1.82) is 0 Å². The number of hydrogen-bond donors (Lipinski definition) is 1. The van der Waals surface area contributed by atoms with Gasteiger partial charge < -0.3 is 9.72 Å². The lowest BCUT2D eigenvalue weighted by Crippen LogP contribution is -2.19. The number of carbonyl (C=O) groups is 1. The van der Waals surface area contributed by atoms with E-state index < -0.39 is 11.5 Å². The third kappa shape index (κ3) is 3.69. The smallest absolute Gasteiger partial charge is 0.343 e. The minimum Gasteiger partial charge on any atom is -0.462 e. The number of aromatic amines is 1. The highest BCUT2D eigenvalue weighted by Crippen LogP contribution is 2.34. The number of halogens is 3. The first-order valence-corrected chi connectivity index (χ1v) is 10.1. The van der Waals surface area contributed by atoms with Crippen molar-refractivity contribution in [2.75, 3.05) is 6.61 Å². The van der Waals surface area contributed by atoms with E-state index in [-0.39, 0.29) is 12.2 Å². The second-order valence-corrected chi connectivity index (χ2v) is 7.64. The summed E-state index contributed by atoms with van der Waals surface area (Å²) in [4.78, 5) is 27.3. The molecule has 0 fully saturated rings. The van der Waals surface area contributed by atoms with Crippen LogP contribution in [0.25, 0.3) is 28.0 Å². The van der Waals surface area contributed by atoms with Gasteiger partial charge in [-0.2, -0.15) is 0 Å². The number of nitrogens with zero attached hydrogens (tertiary/aromatic N) is 2. The van der Waals surface area contributed by atoms with Crippen LogP contribution < -0.4 is 5.56 Å². The molecule has 0 atom stereocenters. The monoisotopic (exact) mass is 461 g/mol. The zero-order valence-corrected chi connectivity index (χ0v) is 17.8. The molecule has 0 spiro atoms. The summed E-state index contributed by atoms with van der Waals surface area (Å²) in [5.74, 6) is -0.708. The fourth-order valence-corrected chi connectivity index (χ4v) is 3.73. The summed E-state index contributed by atoms with van der Waals surface area (Å²) < 4.78 is 6.60. The minimum atomic E-state index is -0.708. The van der Waals surface area contributed by atoms with Gasteiger partial charge in [0.1, 0.15) is 5.56 Å². The van der Waals surface area contributed by atoms with E-state index in [1.54, 1.807) is 41.9 Å². The van der Waals surface area contributed by atoms with Crippen molar-refractivity contribution in [3.8, 4) is 16.9 Å². The zero-order chi connectivity index (χ0) is 21.4. The molecule has 0 aliphatic carbocycles. The Morgan fingerprint density at radius 3 is 2.43 bits per heavy atom. The van der Waals surface area contributed by atoms with Crippen LogP contribution in [0.4, 0.5) is 0 Å². The summed E-state index contributed by atoms with van der Waals surface area (Å²) in [6.07, 6.45) is 0. The molecule has 6 nitrogen and oxygen atoms in total. The Morgan fingerprint density at radius 2 is 1.77 bits per heavy atom. The molecule has 1 N–H and O–H groups in total. The van der Waals surface area contributed by atoms with Gasteiger partial charge in [-0.15, -0.1) is 5.10 Å². The van der Waals surface area contributed by atoms with Gasteiger partial charge in [0, 0.05) is 21.0 Å². The Morgan fingerprint density at radius 1 is 1.07 bits per heavy atom. The lowest BCUT2D eigenvalue weighted by atomic mass is 10.1. The van der Waals surface area contributed by atoms with Crippen molar-refractivity contribution in [2.45, 2.75) is 6.92 Å². The van der Waals surface area contributed by atoms with Gasteiger partial charge in [-0.1, -0.05) is 46.9 Å². The number of aromatic nitrogens is 3. The van der Waals surface area contributed by atoms with Crippen LogP contribution in [-0.4, -0.2) is 27.3 Å². The summed E-state index contributed by atoms with van der Waals surface area (Å²) in [6, 6.07) is 13.6. The third-order valence-electron chi connectivity index (χ3n) is 4.44. The maximum atomic E-state index is 12.4. The molecule has 0 aliphatic heterocycles. The van der Waals surface area contributed by atoms with Gasteiger partial charge in [0.15, 0.2) is 5.65 Å². The average molecular weight is 463 g/mol. The summed E-state index contributed by atoms with van der Waals surface area (Å²) in [7, 11) is 0. The molecule has 0 saturated carbocycles. The zero-order valence-electron chi connectivity index (χ0n) is 15.6. The Kier molecular flexibility index (Phi) is 5.56. The molecule has 30 heavy (non-hydrogen) atoms. The summed E-state index contributed by atoms with van der Waals surface area (Å²) in [5, 5.41) is 6.50. The summed E-state index contributed by atoms with van der Waals surface area (Å²) in [6.45, 7) is 1.82. The van der Waals surface area contributed by atoms with Gasteiger partial charge in [0.25, 0.3) is 5.56 Å². The topological polar surface area (TPSA) is 77.0 Å². The van der Waals surface area contributed by atoms with Gasteiger partial charge in [0.05, 0.1) is 23.0 Å². The number of pyridine rings is 1. The standard InChI is InChI=1S/C21H14Cl3N3O3/c1-2-30-21(29)15-10-14-18(11-3-5-12(22)6-4-11)27(26-19(14)25-20(15)28)17-8-7-13(23)9-16(17)24/h3-10H,2H2,1H3,(H,25,26,28). The van der Waals surface area contributed by atoms with Crippen LogP contribution >= 0.6 is 34.8 Å². The molecule has 0 radical (unpaired) electrons. The SMILES string of the molecule is CCOC(=O)c1cc2c(-c3ccc(Cl)cc3)n(-c3ccc(Cl)cc3Cl)nc2[nH]c1=O. The predicted molar refractivity (Wildman–Crippen MR) is 118 cm³/mol. The molecule has 2 aromatic carbocycles. The van der Waals surface area contributed by atoms with E-state index in [0.717, 1.165) is 5.56 Å². The summed E-state index contributed by atoms with van der Waals surface area (Å²) >= 11 is 18.5. The van der Waals surface area contributed by atoms with Crippen molar-refractivity contribution in [2.24, 2.45) is 0 Å². The van der Waals surface area contributed by atoms with Crippen LogP contribution in [0, 0.1) is 0 Å². The van der Waals surface area contributed by atoms with E-state index in [2.05, 4.69) is 10.1 Å². The van der Waals surface area contributed by atoms with Crippen molar-refractivity contribution in [3.05, 3.63) is 79.5 Å². The lowest BCUT2D eigenvalue weighted by Gasteiger charge is -2.10. The number of esters is 1. The van der Waals surface area contributed by atoms with Crippen LogP contribution in [0.3, 0.4) is 0 Å². The first-order valence-electron chi connectivity index (χ1n) is 8.93. The third-order valence-corrected chi connectivity index (χ3v) is 5.23. The number of hydrogen-bond acceptors (Lipinski definition) is 4. The molecule has 0 bridgehead atoms. The van der Waals surface area contributed by atoms with E-state index >= 15 is 0 Å².